The van der Waals surface area contributed by atoms with Gasteiger partial charge in [-0.1, -0.05) is 72.8 Å². The molecular formula is C25H28N2O2. The summed E-state index contributed by atoms with van der Waals surface area (Å²) in [5.41, 5.74) is 3.16. The number of benzene rings is 3. The van der Waals surface area contributed by atoms with Gasteiger partial charge in [0.15, 0.2) is 0 Å². The standard InChI is InChI=1S/C25H28N2O2/c1-20(22-14-6-3-7-15-22)26-19-25(28)27-23-16-8-9-17-24(23)29-18-10-13-21-11-4-2-5-12-21/h2-9,11-12,14-17,20,26H,10,13,18-19H2,1H3,(H,27,28). The molecule has 1 amide bonds. The number of nitrogens with one attached hydrogen (secondary N) is 2. The second-order valence-corrected chi connectivity index (χ2v) is 7.00. The minimum Gasteiger partial charge on any atom is -0.491 e. The van der Waals surface area contributed by atoms with Crippen LogP contribution in [0, 0.1) is 0 Å². The van der Waals surface area contributed by atoms with Crippen molar-refractivity contribution in [3.63, 3.8) is 0 Å². The van der Waals surface area contributed by atoms with Crippen molar-refractivity contribution >= 4 is 11.6 Å². The van der Waals surface area contributed by atoms with Gasteiger partial charge < -0.3 is 15.4 Å². The van der Waals surface area contributed by atoms with Crippen LogP contribution in [-0.2, 0) is 11.2 Å². The maximum atomic E-state index is 12.4. The first-order chi connectivity index (χ1) is 14.2. The lowest BCUT2D eigenvalue weighted by molar-refractivity contribution is -0.115. The molecule has 3 rings (SSSR count). The minimum atomic E-state index is -0.0897. The third kappa shape index (κ3) is 6.77. The van der Waals surface area contributed by atoms with E-state index in [2.05, 4.69) is 22.8 Å². The van der Waals surface area contributed by atoms with Crippen LogP contribution < -0.4 is 15.4 Å². The van der Waals surface area contributed by atoms with Crippen molar-refractivity contribution in [1.82, 2.24) is 5.32 Å². The van der Waals surface area contributed by atoms with Crippen LogP contribution in [0.25, 0.3) is 0 Å². The van der Waals surface area contributed by atoms with Crippen molar-refractivity contribution in [1.29, 1.82) is 0 Å². The Labute approximate surface area is 172 Å². The first-order valence-corrected chi connectivity index (χ1v) is 10.1. The third-order valence-electron chi connectivity index (χ3n) is 4.74. The van der Waals surface area contributed by atoms with Crippen LogP contribution in [0.4, 0.5) is 5.69 Å². The highest BCUT2D eigenvalue weighted by atomic mass is 16.5. The van der Waals surface area contributed by atoms with E-state index in [0.717, 1.165) is 18.4 Å². The summed E-state index contributed by atoms with van der Waals surface area (Å²) in [4.78, 5) is 12.4. The molecular weight excluding hydrogens is 360 g/mol. The Morgan fingerprint density at radius 1 is 0.897 bits per heavy atom. The van der Waals surface area contributed by atoms with Crippen LogP contribution in [0.15, 0.2) is 84.9 Å². The lowest BCUT2D eigenvalue weighted by Gasteiger charge is -2.15. The van der Waals surface area contributed by atoms with E-state index in [4.69, 9.17) is 4.74 Å². The second kappa shape index (κ2) is 11.0. The maximum Gasteiger partial charge on any atom is 0.238 e. The molecule has 0 aliphatic carbocycles. The van der Waals surface area contributed by atoms with Crippen molar-refractivity contribution < 1.29 is 9.53 Å². The topological polar surface area (TPSA) is 50.4 Å². The quantitative estimate of drug-likeness (QED) is 0.481. The number of amides is 1. The highest BCUT2D eigenvalue weighted by molar-refractivity contribution is 5.93. The van der Waals surface area contributed by atoms with Crippen LogP contribution in [0.2, 0.25) is 0 Å². The molecule has 2 N–H and O–H groups in total. The summed E-state index contributed by atoms with van der Waals surface area (Å²) in [7, 11) is 0. The predicted octanol–water partition coefficient (Wildman–Crippen LogP) is 4.99. The van der Waals surface area contributed by atoms with Crippen LogP contribution in [0.5, 0.6) is 5.75 Å². The van der Waals surface area contributed by atoms with Gasteiger partial charge in [-0.3, -0.25) is 4.79 Å². The lowest BCUT2D eigenvalue weighted by atomic mass is 10.1. The van der Waals surface area contributed by atoms with Crippen LogP contribution in [0.3, 0.4) is 0 Å². The molecule has 1 unspecified atom stereocenters. The zero-order chi connectivity index (χ0) is 20.3. The molecule has 0 bridgehead atoms. The molecule has 3 aromatic rings. The number of ether oxygens (including phenoxy) is 1. The molecule has 4 heteroatoms. The Bertz CT molecular complexity index is 882. The van der Waals surface area contributed by atoms with Crippen molar-refractivity contribution in [2.24, 2.45) is 0 Å². The zero-order valence-corrected chi connectivity index (χ0v) is 16.8. The van der Waals surface area contributed by atoms with Gasteiger partial charge in [-0.05, 0) is 43.0 Å². The zero-order valence-electron chi connectivity index (χ0n) is 16.8. The van der Waals surface area contributed by atoms with Gasteiger partial charge in [-0.25, -0.2) is 0 Å². The van der Waals surface area contributed by atoms with Gasteiger partial charge in [0.25, 0.3) is 0 Å². The van der Waals surface area contributed by atoms with Crippen LogP contribution >= 0.6 is 0 Å². The fraction of sp³-hybridized carbons (Fsp3) is 0.240. The first kappa shape index (κ1) is 20.6. The van der Waals surface area contributed by atoms with Gasteiger partial charge >= 0.3 is 0 Å². The van der Waals surface area contributed by atoms with E-state index in [0.29, 0.717) is 18.0 Å². The lowest BCUT2D eigenvalue weighted by Crippen LogP contribution is -2.30. The summed E-state index contributed by atoms with van der Waals surface area (Å²) in [6, 6.07) is 28.1. The van der Waals surface area contributed by atoms with Crippen molar-refractivity contribution in [3.05, 3.63) is 96.1 Å². The molecule has 4 nitrogen and oxygen atoms in total. The SMILES string of the molecule is CC(NCC(=O)Nc1ccccc1OCCCc1ccccc1)c1ccccc1. The summed E-state index contributed by atoms with van der Waals surface area (Å²) in [5, 5.41) is 6.21. The Hall–Kier alpha value is -3.11. The smallest absolute Gasteiger partial charge is 0.238 e. The second-order valence-electron chi connectivity index (χ2n) is 7.00. The molecule has 0 aromatic heterocycles. The highest BCUT2D eigenvalue weighted by Crippen LogP contribution is 2.24. The number of hydrogen-bond donors (Lipinski definition) is 2. The normalized spacial score (nSPS) is 11.6. The van der Waals surface area contributed by atoms with E-state index in [1.54, 1.807) is 0 Å². The Kier molecular flexibility index (Phi) is 7.84. The molecule has 0 heterocycles. The molecule has 150 valence electrons. The van der Waals surface area contributed by atoms with E-state index in [-0.39, 0.29) is 18.5 Å². The monoisotopic (exact) mass is 388 g/mol. The Morgan fingerprint density at radius 3 is 2.31 bits per heavy atom. The first-order valence-electron chi connectivity index (χ1n) is 10.1. The summed E-state index contributed by atoms with van der Waals surface area (Å²) >= 11 is 0. The Balaban J connectivity index is 1.46. The minimum absolute atomic E-state index is 0.0897. The highest BCUT2D eigenvalue weighted by Gasteiger charge is 2.10. The van der Waals surface area contributed by atoms with Gasteiger partial charge in [0.2, 0.25) is 5.91 Å². The number of carbonyl (C=O) groups excluding carboxylic acids is 1. The molecule has 0 saturated carbocycles. The largest absolute Gasteiger partial charge is 0.491 e. The van der Waals surface area contributed by atoms with Gasteiger partial charge in [0.05, 0.1) is 18.8 Å². The number of anilines is 1. The molecule has 1 atom stereocenters. The maximum absolute atomic E-state index is 12.4. The fourth-order valence-electron chi connectivity index (χ4n) is 3.10. The van der Waals surface area contributed by atoms with Gasteiger partial charge in [0.1, 0.15) is 5.75 Å². The number of hydrogen-bond acceptors (Lipinski definition) is 3. The number of rotatable bonds is 10. The van der Waals surface area contributed by atoms with Gasteiger partial charge in [0, 0.05) is 6.04 Å². The van der Waals surface area contributed by atoms with E-state index >= 15 is 0 Å². The molecule has 0 saturated heterocycles. The molecule has 0 aliphatic heterocycles. The summed E-state index contributed by atoms with van der Waals surface area (Å²) in [6.45, 7) is 2.88. The predicted molar refractivity (Wildman–Crippen MR) is 118 cm³/mol. The summed E-state index contributed by atoms with van der Waals surface area (Å²) in [6.07, 6.45) is 1.89. The molecule has 3 aromatic carbocycles. The molecule has 29 heavy (non-hydrogen) atoms. The number of aryl methyl sites for hydroxylation is 1. The number of carbonyl (C=O) groups is 1. The average molecular weight is 389 g/mol. The van der Waals surface area contributed by atoms with Crippen LogP contribution in [0.1, 0.15) is 30.5 Å². The summed E-state index contributed by atoms with van der Waals surface area (Å²) < 4.78 is 5.92. The fourth-order valence-corrected chi connectivity index (χ4v) is 3.10. The van der Waals surface area contributed by atoms with Crippen molar-refractivity contribution in [2.45, 2.75) is 25.8 Å². The molecule has 0 spiro atoms. The third-order valence-corrected chi connectivity index (χ3v) is 4.74. The van der Waals surface area contributed by atoms with E-state index in [9.17, 15) is 4.79 Å². The average Bonchev–Trinajstić information content (AvgIpc) is 2.77. The van der Waals surface area contributed by atoms with Crippen molar-refractivity contribution in [3.8, 4) is 5.75 Å². The van der Waals surface area contributed by atoms with E-state index in [1.165, 1.54) is 5.56 Å². The molecule has 0 radical (unpaired) electrons. The van der Waals surface area contributed by atoms with Crippen molar-refractivity contribution in [2.75, 3.05) is 18.5 Å². The van der Waals surface area contributed by atoms with E-state index < -0.39 is 0 Å². The molecule has 0 fully saturated rings. The van der Waals surface area contributed by atoms with Gasteiger partial charge in [-0.15, -0.1) is 0 Å². The molecule has 0 aliphatic rings. The number of para-hydroxylation sites is 2. The Morgan fingerprint density at radius 2 is 1.55 bits per heavy atom. The summed E-state index contributed by atoms with van der Waals surface area (Å²) in [5.74, 6) is 0.609. The van der Waals surface area contributed by atoms with E-state index in [1.807, 2.05) is 79.7 Å². The van der Waals surface area contributed by atoms with Gasteiger partial charge in [-0.2, -0.15) is 0 Å². The van der Waals surface area contributed by atoms with Crippen LogP contribution in [-0.4, -0.2) is 19.1 Å².